The van der Waals surface area contributed by atoms with Crippen LogP contribution in [0.25, 0.3) is 22.0 Å². The van der Waals surface area contributed by atoms with Gasteiger partial charge in [-0.25, -0.2) is 0 Å². The van der Waals surface area contributed by atoms with E-state index in [2.05, 4.69) is 10.3 Å². The summed E-state index contributed by atoms with van der Waals surface area (Å²) in [5.74, 6) is 0.607. The molecule has 4 nitrogen and oxygen atoms in total. The summed E-state index contributed by atoms with van der Waals surface area (Å²) in [6.45, 7) is 0. The number of rotatable bonds is 4. The van der Waals surface area contributed by atoms with Gasteiger partial charge in [0.2, 0.25) is 0 Å². The summed E-state index contributed by atoms with van der Waals surface area (Å²) in [4.78, 5) is 4.15. The van der Waals surface area contributed by atoms with Crippen LogP contribution in [0.5, 0.6) is 5.75 Å². The molecule has 0 aliphatic rings. The van der Waals surface area contributed by atoms with E-state index < -0.39 is 11.7 Å². The number of ether oxygens (including phenoxy) is 1. The predicted molar refractivity (Wildman–Crippen MR) is 101 cm³/mol. The zero-order valence-corrected chi connectivity index (χ0v) is 14.7. The van der Waals surface area contributed by atoms with Crippen LogP contribution in [0.3, 0.4) is 0 Å². The fourth-order valence-electron chi connectivity index (χ4n) is 2.97. The molecule has 0 fully saturated rings. The first-order valence-electron chi connectivity index (χ1n) is 8.39. The zero-order valence-electron chi connectivity index (χ0n) is 14.7. The number of nitrogens with one attached hydrogen (secondary N) is 1. The maximum absolute atomic E-state index is 13.1. The van der Waals surface area contributed by atoms with E-state index in [0.717, 1.165) is 23.3 Å². The molecule has 0 aliphatic heterocycles. The lowest BCUT2D eigenvalue weighted by Gasteiger charge is -2.14. The Labute approximate surface area is 158 Å². The van der Waals surface area contributed by atoms with Gasteiger partial charge in [-0.15, -0.1) is 0 Å². The summed E-state index contributed by atoms with van der Waals surface area (Å²) >= 11 is 0. The normalized spacial score (nSPS) is 11.6. The highest BCUT2D eigenvalue weighted by molar-refractivity contribution is 5.93. The number of alkyl halides is 3. The molecule has 0 bridgehead atoms. The van der Waals surface area contributed by atoms with Crippen LogP contribution in [-0.2, 0) is 6.18 Å². The first-order chi connectivity index (χ1) is 13.4. The summed E-state index contributed by atoms with van der Waals surface area (Å²) in [6.07, 6.45) is 0.299. The molecule has 28 heavy (non-hydrogen) atoms. The quantitative estimate of drug-likeness (QED) is 0.451. The third kappa shape index (κ3) is 3.51. The van der Waals surface area contributed by atoms with E-state index in [-0.39, 0.29) is 0 Å². The number of hydrogen-bond acceptors (Lipinski definition) is 4. The van der Waals surface area contributed by atoms with Gasteiger partial charge in [-0.05, 0) is 48.0 Å². The molecule has 0 saturated carbocycles. The highest BCUT2D eigenvalue weighted by Crippen LogP contribution is 2.35. The molecule has 0 atom stereocenters. The maximum atomic E-state index is 13.1. The Balaban J connectivity index is 1.79. The third-order valence-corrected chi connectivity index (χ3v) is 4.34. The van der Waals surface area contributed by atoms with E-state index in [9.17, 15) is 13.2 Å². The van der Waals surface area contributed by atoms with Crippen molar-refractivity contribution in [2.45, 2.75) is 6.18 Å². The molecule has 2 aromatic carbocycles. The topological polar surface area (TPSA) is 47.3 Å². The number of aromatic nitrogens is 1. The van der Waals surface area contributed by atoms with Gasteiger partial charge in [0, 0.05) is 34.6 Å². The number of nitrogens with zero attached hydrogens (tertiary/aromatic N) is 1. The predicted octanol–water partition coefficient (Wildman–Crippen LogP) is 6.27. The minimum atomic E-state index is -4.42. The van der Waals surface area contributed by atoms with Gasteiger partial charge in [-0.3, -0.25) is 4.98 Å². The number of anilines is 2. The van der Waals surface area contributed by atoms with Crippen LogP contribution in [0.1, 0.15) is 5.56 Å². The van der Waals surface area contributed by atoms with Crippen molar-refractivity contribution in [1.29, 1.82) is 0 Å². The second kappa shape index (κ2) is 6.92. The Morgan fingerprint density at radius 1 is 1.00 bits per heavy atom. The largest absolute Gasteiger partial charge is 0.497 e. The molecule has 0 spiro atoms. The monoisotopic (exact) mass is 384 g/mol. The van der Waals surface area contributed by atoms with Crippen LogP contribution in [0.2, 0.25) is 0 Å². The molecule has 4 rings (SSSR count). The third-order valence-electron chi connectivity index (χ3n) is 4.34. The van der Waals surface area contributed by atoms with Gasteiger partial charge in [-0.1, -0.05) is 0 Å². The van der Waals surface area contributed by atoms with Gasteiger partial charge < -0.3 is 14.5 Å². The molecule has 2 heterocycles. The summed E-state index contributed by atoms with van der Waals surface area (Å²) in [5.41, 5.74) is 2.64. The number of benzene rings is 2. The van der Waals surface area contributed by atoms with Crippen LogP contribution in [0.4, 0.5) is 24.5 Å². The van der Waals surface area contributed by atoms with Crippen molar-refractivity contribution in [2.24, 2.45) is 0 Å². The molecule has 4 aromatic rings. The molecule has 0 unspecified atom stereocenters. The second-order valence-corrected chi connectivity index (χ2v) is 6.18. The molecule has 2 aromatic heterocycles. The van der Waals surface area contributed by atoms with Crippen LogP contribution < -0.4 is 10.1 Å². The lowest BCUT2D eigenvalue weighted by atomic mass is 10.1. The van der Waals surface area contributed by atoms with Crippen molar-refractivity contribution in [2.75, 3.05) is 12.4 Å². The molecule has 0 saturated heterocycles. The summed E-state index contributed by atoms with van der Waals surface area (Å²) < 4.78 is 49.8. The smallest absolute Gasteiger partial charge is 0.416 e. The van der Waals surface area contributed by atoms with Gasteiger partial charge in [0.15, 0.2) is 0 Å². The zero-order chi connectivity index (χ0) is 19.7. The molecule has 142 valence electrons. The molecular formula is C21H15F3N2O2. The second-order valence-electron chi connectivity index (χ2n) is 6.18. The van der Waals surface area contributed by atoms with Crippen molar-refractivity contribution in [3.05, 3.63) is 72.8 Å². The van der Waals surface area contributed by atoms with Crippen LogP contribution >= 0.6 is 0 Å². The van der Waals surface area contributed by atoms with E-state index in [1.807, 2.05) is 18.2 Å². The van der Waals surface area contributed by atoms with Crippen LogP contribution in [0.15, 0.2) is 71.7 Å². The SMILES string of the molecule is COc1cc(Nc2ccnc3ccc(C(F)(F)F)cc23)cc(-c2ccoc2)c1. The van der Waals surface area contributed by atoms with Gasteiger partial charge in [0.05, 0.1) is 30.7 Å². The van der Waals surface area contributed by atoms with Crippen molar-refractivity contribution < 1.29 is 22.3 Å². The molecule has 0 amide bonds. The first-order valence-corrected chi connectivity index (χ1v) is 8.39. The number of pyridine rings is 1. The standard InChI is InChI=1S/C21H15F3N2O2/c1-27-17-9-14(13-5-7-28-12-13)8-16(11-17)26-20-4-6-25-19-3-2-15(10-18(19)20)21(22,23)24/h2-12H,1H3,(H,25,26). The Bertz CT molecular complexity index is 1120. The van der Waals surface area contributed by atoms with Crippen LogP contribution in [0, 0.1) is 0 Å². The van der Waals surface area contributed by atoms with Crippen molar-refractivity contribution in [1.82, 2.24) is 4.98 Å². The molecule has 0 aliphatic carbocycles. The van der Waals surface area contributed by atoms with Gasteiger partial charge in [0.25, 0.3) is 0 Å². The highest BCUT2D eigenvalue weighted by atomic mass is 19.4. The Kier molecular flexibility index (Phi) is 4.43. The van der Waals surface area contributed by atoms with E-state index in [1.54, 1.807) is 38.0 Å². The number of methoxy groups -OCH3 is 1. The lowest BCUT2D eigenvalue weighted by molar-refractivity contribution is -0.137. The summed E-state index contributed by atoms with van der Waals surface area (Å²) in [5, 5.41) is 3.56. The maximum Gasteiger partial charge on any atom is 0.416 e. The van der Waals surface area contributed by atoms with E-state index in [0.29, 0.717) is 28.0 Å². The fraction of sp³-hybridized carbons (Fsp3) is 0.0952. The molecular weight excluding hydrogens is 369 g/mol. The number of furan rings is 1. The first kappa shape index (κ1) is 17.9. The summed E-state index contributed by atoms with van der Waals surface area (Å²) in [7, 11) is 1.55. The molecule has 0 radical (unpaired) electrons. The van der Waals surface area contributed by atoms with Gasteiger partial charge in [0.1, 0.15) is 5.75 Å². The molecule has 7 heteroatoms. The Morgan fingerprint density at radius 2 is 1.86 bits per heavy atom. The minimum Gasteiger partial charge on any atom is -0.497 e. The Morgan fingerprint density at radius 3 is 2.57 bits per heavy atom. The fourth-order valence-corrected chi connectivity index (χ4v) is 2.97. The van der Waals surface area contributed by atoms with E-state index in [4.69, 9.17) is 9.15 Å². The average molecular weight is 384 g/mol. The minimum absolute atomic E-state index is 0.380. The van der Waals surface area contributed by atoms with Crippen molar-refractivity contribution >= 4 is 22.3 Å². The lowest BCUT2D eigenvalue weighted by Crippen LogP contribution is -2.05. The molecule has 1 N–H and O–H groups in total. The summed E-state index contributed by atoms with van der Waals surface area (Å²) in [6, 6.07) is 12.4. The van der Waals surface area contributed by atoms with Gasteiger partial charge in [-0.2, -0.15) is 13.2 Å². The highest BCUT2D eigenvalue weighted by Gasteiger charge is 2.30. The van der Waals surface area contributed by atoms with Crippen LogP contribution in [-0.4, -0.2) is 12.1 Å². The van der Waals surface area contributed by atoms with E-state index in [1.165, 1.54) is 6.07 Å². The number of halogens is 3. The van der Waals surface area contributed by atoms with Gasteiger partial charge >= 0.3 is 6.18 Å². The van der Waals surface area contributed by atoms with Crippen molar-refractivity contribution in [3.8, 4) is 16.9 Å². The Hall–Kier alpha value is -3.48. The average Bonchev–Trinajstić information content (AvgIpc) is 3.22. The van der Waals surface area contributed by atoms with Crippen molar-refractivity contribution in [3.63, 3.8) is 0 Å². The van der Waals surface area contributed by atoms with E-state index >= 15 is 0 Å². The number of fused-ring (bicyclic) bond motifs is 1. The number of hydrogen-bond donors (Lipinski definition) is 1.